The van der Waals surface area contributed by atoms with Crippen LogP contribution >= 0.6 is 12.2 Å². The Labute approximate surface area is 162 Å². The number of nitro groups is 1. The molecule has 1 N–H and O–H groups in total. The van der Waals surface area contributed by atoms with Crippen LogP contribution in [0, 0.1) is 10.1 Å². The number of hydrazone groups is 1. The van der Waals surface area contributed by atoms with Crippen LogP contribution in [0.1, 0.15) is 5.56 Å². The van der Waals surface area contributed by atoms with Crippen molar-refractivity contribution in [2.45, 2.75) is 0 Å². The third-order valence-electron chi connectivity index (χ3n) is 4.12. The van der Waals surface area contributed by atoms with E-state index in [4.69, 9.17) is 12.2 Å². The summed E-state index contributed by atoms with van der Waals surface area (Å²) in [5.74, 6) is -2.54. The van der Waals surface area contributed by atoms with Gasteiger partial charge in [-0.05, 0) is 30.4 Å². The Morgan fingerprint density at radius 2 is 1.68 bits per heavy atom. The van der Waals surface area contributed by atoms with Crippen molar-refractivity contribution in [3.05, 3.63) is 64.2 Å². The fraction of sp³-hybridized carbons (Fsp3) is 0. The van der Waals surface area contributed by atoms with E-state index < -0.39 is 22.6 Å². The molecule has 0 aromatic heterocycles. The van der Waals surface area contributed by atoms with Gasteiger partial charge < -0.3 is 5.32 Å². The zero-order valence-corrected chi connectivity index (χ0v) is 14.7. The first kappa shape index (κ1) is 17.4. The molecular formula is C17H9N5O5S. The lowest BCUT2D eigenvalue weighted by atomic mass is 10.1. The zero-order valence-electron chi connectivity index (χ0n) is 13.9. The summed E-state index contributed by atoms with van der Waals surface area (Å²) >= 11 is 5.19. The summed E-state index contributed by atoms with van der Waals surface area (Å²) in [4.78, 5) is 48.0. The van der Waals surface area contributed by atoms with Crippen molar-refractivity contribution in [2.24, 2.45) is 5.10 Å². The normalized spacial score (nSPS) is 17.4. The molecule has 0 atom stereocenters. The number of rotatable bonds is 3. The zero-order chi connectivity index (χ0) is 20.0. The molecule has 1 fully saturated rings. The number of benzene rings is 2. The first-order valence-electron chi connectivity index (χ1n) is 7.85. The number of carbonyl (C=O) groups is 3. The molecular weight excluding hydrogens is 386 g/mol. The molecule has 0 aliphatic carbocycles. The number of hydrogen-bond donors (Lipinski definition) is 1. The lowest BCUT2D eigenvalue weighted by Gasteiger charge is -2.15. The van der Waals surface area contributed by atoms with Crippen molar-refractivity contribution < 1.29 is 19.3 Å². The van der Waals surface area contributed by atoms with E-state index in [1.54, 1.807) is 24.3 Å². The lowest BCUT2D eigenvalue weighted by molar-refractivity contribution is -0.384. The summed E-state index contributed by atoms with van der Waals surface area (Å²) in [6.45, 7) is 0. The molecule has 0 saturated carbocycles. The standard InChI is InChI=1S/C17H9N5O5S/c23-14-13(11-3-1-2-4-12(11)18-14)19-21-16(25)15(24)20(17(21)28)9-5-7-10(8-6-9)22(26)27/h1-8H,(H,18,19,23). The van der Waals surface area contributed by atoms with Crippen LogP contribution in [0.25, 0.3) is 0 Å². The lowest BCUT2D eigenvalue weighted by Crippen LogP contribution is -2.31. The van der Waals surface area contributed by atoms with Crippen LogP contribution in [0.5, 0.6) is 0 Å². The van der Waals surface area contributed by atoms with E-state index in [0.29, 0.717) is 16.3 Å². The van der Waals surface area contributed by atoms with Gasteiger partial charge in [-0.3, -0.25) is 24.5 Å². The van der Waals surface area contributed by atoms with E-state index in [1.165, 1.54) is 24.3 Å². The number of thiocarbonyl (C=S) groups is 1. The Morgan fingerprint density at radius 3 is 2.36 bits per heavy atom. The molecule has 2 heterocycles. The van der Waals surface area contributed by atoms with Crippen LogP contribution in [0.4, 0.5) is 17.1 Å². The quantitative estimate of drug-likeness (QED) is 0.363. The summed E-state index contributed by atoms with van der Waals surface area (Å²) in [6.07, 6.45) is 0. The van der Waals surface area contributed by atoms with Crippen LogP contribution < -0.4 is 10.2 Å². The van der Waals surface area contributed by atoms with Gasteiger partial charge in [0.15, 0.2) is 5.71 Å². The molecule has 2 aliphatic heterocycles. The molecule has 1 saturated heterocycles. The summed E-state index contributed by atoms with van der Waals surface area (Å²) in [7, 11) is 0. The van der Waals surface area contributed by atoms with E-state index in [1.807, 2.05) is 0 Å². The van der Waals surface area contributed by atoms with Crippen LogP contribution in [0.15, 0.2) is 53.6 Å². The number of non-ortho nitro benzene ring substituents is 1. The first-order valence-corrected chi connectivity index (χ1v) is 8.25. The van der Waals surface area contributed by atoms with E-state index in [9.17, 15) is 24.5 Å². The Kier molecular flexibility index (Phi) is 3.93. The molecule has 11 heteroatoms. The average molecular weight is 395 g/mol. The number of nitrogens with zero attached hydrogens (tertiary/aromatic N) is 4. The van der Waals surface area contributed by atoms with Crippen LogP contribution in [0.2, 0.25) is 0 Å². The largest absolute Gasteiger partial charge is 0.339 e. The van der Waals surface area contributed by atoms with Crippen LogP contribution in [-0.2, 0) is 14.4 Å². The fourth-order valence-corrected chi connectivity index (χ4v) is 3.11. The Morgan fingerprint density at radius 1 is 1.00 bits per heavy atom. The Bertz CT molecular complexity index is 1110. The van der Waals surface area contributed by atoms with Gasteiger partial charge in [0.25, 0.3) is 11.6 Å². The highest BCUT2D eigenvalue weighted by Crippen LogP contribution is 2.27. The molecule has 0 radical (unpaired) electrons. The maximum atomic E-state index is 12.4. The monoisotopic (exact) mass is 395 g/mol. The van der Waals surface area contributed by atoms with Crippen molar-refractivity contribution >= 4 is 57.8 Å². The van der Waals surface area contributed by atoms with Crippen molar-refractivity contribution in [3.8, 4) is 0 Å². The highest BCUT2D eigenvalue weighted by Gasteiger charge is 2.44. The topological polar surface area (TPSA) is 125 Å². The van der Waals surface area contributed by atoms with E-state index in [0.717, 1.165) is 4.90 Å². The number of anilines is 2. The van der Waals surface area contributed by atoms with Gasteiger partial charge in [0.1, 0.15) is 0 Å². The summed E-state index contributed by atoms with van der Waals surface area (Å²) < 4.78 is 0. The number of para-hydroxylation sites is 1. The first-order chi connectivity index (χ1) is 13.4. The van der Waals surface area contributed by atoms with Crippen LogP contribution in [0.3, 0.4) is 0 Å². The van der Waals surface area contributed by atoms with E-state index in [-0.39, 0.29) is 22.2 Å². The third kappa shape index (κ3) is 2.61. The predicted molar refractivity (Wildman–Crippen MR) is 102 cm³/mol. The highest BCUT2D eigenvalue weighted by atomic mass is 32.1. The predicted octanol–water partition coefficient (Wildman–Crippen LogP) is 1.41. The van der Waals surface area contributed by atoms with Gasteiger partial charge in [0.05, 0.1) is 16.3 Å². The number of amides is 3. The third-order valence-corrected chi connectivity index (χ3v) is 4.47. The Balaban J connectivity index is 1.70. The Hall–Kier alpha value is -3.99. The number of fused-ring (bicyclic) bond motifs is 1. The fourth-order valence-electron chi connectivity index (χ4n) is 2.80. The van der Waals surface area contributed by atoms with Gasteiger partial charge in [-0.2, -0.15) is 10.1 Å². The van der Waals surface area contributed by atoms with E-state index in [2.05, 4.69) is 10.4 Å². The highest BCUT2D eigenvalue weighted by molar-refractivity contribution is 7.80. The van der Waals surface area contributed by atoms with Crippen molar-refractivity contribution in [2.75, 3.05) is 10.2 Å². The molecule has 4 rings (SSSR count). The van der Waals surface area contributed by atoms with Gasteiger partial charge in [0.2, 0.25) is 5.11 Å². The molecule has 2 aromatic rings. The van der Waals surface area contributed by atoms with Gasteiger partial charge >= 0.3 is 11.8 Å². The number of nitro benzene ring substituents is 1. The molecule has 10 nitrogen and oxygen atoms in total. The summed E-state index contributed by atoms with van der Waals surface area (Å²) in [5.41, 5.74) is 0.952. The van der Waals surface area contributed by atoms with Crippen molar-refractivity contribution in [3.63, 3.8) is 0 Å². The molecule has 2 aromatic carbocycles. The molecule has 2 aliphatic rings. The maximum Gasteiger partial charge on any atom is 0.339 e. The van der Waals surface area contributed by atoms with Crippen LogP contribution in [-0.4, -0.2) is 38.5 Å². The minimum absolute atomic E-state index is 0.0513. The van der Waals surface area contributed by atoms with Gasteiger partial charge in [-0.15, -0.1) is 0 Å². The van der Waals surface area contributed by atoms with E-state index >= 15 is 0 Å². The van der Waals surface area contributed by atoms with Gasteiger partial charge in [-0.25, -0.2) is 4.90 Å². The number of hydrogen-bond acceptors (Lipinski definition) is 7. The number of carbonyl (C=O) groups excluding carboxylic acids is 3. The van der Waals surface area contributed by atoms with Crippen molar-refractivity contribution in [1.82, 2.24) is 5.01 Å². The number of nitrogens with one attached hydrogen (secondary N) is 1. The minimum atomic E-state index is -1.03. The van der Waals surface area contributed by atoms with Crippen molar-refractivity contribution in [1.29, 1.82) is 0 Å². The second-order valence-electron chi connectivity index (χ2n) is 5.76. The second kappa shape index (κ2) is 6.32. The second-order valence-corrected chi connectivity index (χ2v) is 6.13. The minimum Gasteiger partial charge on any atom is -0.320 e. The van der Waals surface area contributed by atoms with Gasteiger partial charge in [0, 0.05) is 17.7 Å². The molecule has 0 spiro atoms. The average Bonchev–Trinajstić information content (AvgIpc) is 3.10. The molecule has 138 valence electrons. The summed E-state index contributed by atoms with van der Waals surface area (Å²) in [6, 6.07) is 11.7. The maximum absolute atomic E-state index is 12.4. The van der Waals surface area contributed by atoms with Gasteiger partial charge in [-0.1, -0.05) is 18.2 Å². The summed E-state index contributed by atoms with van der Waals surface area (Å²) in [5, 5.41) is 17.8. The molecule has 3 amide bonds. The smallest absolute Gasteiger partial charge is 0.320 e. The molecule has 28 heavy (non-hydrogen) atoms. The molecule has 0 unspecified atom stereocenters. The SMILES string of the molecule is O=C1Nc2ccccc2/C1=N/N1C(=O)C(=O)N(c2ccc([N+](=O)[O-])cc2)C1=S. The molecule has 0 bridgehead atoms.